The van der Waals surface area contributed by atoms with Crippen molar-refractivity contribution in [2.75, 3.05) is 13.7 Å². The molecule has 1 N–H and O–H groups in total. The van der Waals surface area contributed by atoms with Gasteiger partial charge in [-0.1, -0.05) is 48.9 Å². The minimum absolute atomic E-state index is 0.393. The first-order chi connectivity index (χ1) is 12.1. The van der Waals surface area contributed by atoms with Crippen LogP contribution in [-0.2, 0) is 13.0 Å². The molecule has 0 spiro atoms. The molecule has 0 saturated carbocycles. The van der Waals surface area contributed by atoms with Gasteiger partial charge in [-0.25, -0.2) is 0 Å². The third-order valence-corrected chi connectivity index (χ3v) is 4.34. The molecular weight excluding hydrogens is 334 g/mol. The summed E-state index contributed by atoms with van der Waals surface area (Å²) < 4.78 is 11.3. The normalized spacial score (nSPS) is 12.0. The van der Waals surface area contributed by atoms with Gasteiger partial charge >= 0.3 is 0 Å². The molecule has 0 aromatic heterocycles. The summed E-state index contributed by atoms with van der Waals surface area (Å²) in [5.41, 5.74) is 2.40. The van der Waals surface area contributed by atoms with Crippen LogP contribution in [0.15, 0.2) is 42.5 Å². The second-order valence-electron chi connectivity index (χ2n) is 6.25. The Morgan fingerprint density at radius 2 is 1.92 bits per heavy atom. The van der Waals surface area contributed by atoms with Crippen LogP contribution in [0.5, 0.6) is 11.5 Å². The third kappa shape index (κ3) is 6.26. The van der Waals surface area contributed by atoms with Crippen molar-refractivity contribution in [1.82, 2.24) is 5.32 Å². The molecule has 0 radical (unpaired) electrons. The molecule has 2 aromatic carbocycles. The van der Waals surface area contributed by atoms with Gasteiger partial charge in [-0.15, -0.1) is 0 Å². The highest BCUT2D eigenvalue weighted by atomic mass is 35.5. The molecule has 25 heavy (non-hydrogen) atoms. The van der Waals surface area contributed by atoms with Gasteiger partial charge in [-0.2, -0.15) is 0 Å². The van der Waals surface area contributed by atoms with E-state index in [-0.39, 0.29) is 0 Å². The van der Waals surface area contributed by atoms with E-state index in [4.69, 9.17) is 21.1 Å². The van der Waals surface area contributed by atoms with E-state index in [0.29, 0.717) is 30.0 Å². The number of nitrogens with one attached hydrogen (secondary N) is 1. The van der Waals surface area contributed by atoms with Gasteiger partial charge in [0.1, 0.15) is 0 Å². The lowest BCUT2D eigenvalue weighted by atomic mass is 10.1. The molecule has 0 fully saturated rings. The highest BCUT2D eigenvalue weighted by Gasteiger charge is 2.13. The number of benzene rings is 2. The second kappa shape index (κ2) is 10.3. The molecule has 0 heterocycles. The molecule has 2 aromatic rings. The Balaban J connectivity index is 1.97. The lowest BCUT2D eigenvalue weighted by Crippen LogP contribution is -2.26. The van der Waals surface area contributed by atoms with E-state index in [0.717, 1.165) is 30.6 Å². The molecule has 2 rings (SSSR count). The van der Waals surface area contributed by atoms with Crippen molar-refractivity contribution < 1.29 is 9.47 Å². The van der Waals surface area contributed by atoms with E-state index in [1.807, 2.05) is 6.07 Å². The van der Waals surface area contributed by atoms with Crippen LogP contribution in [-0.4, -0.2) is 19.8 Å². The van der Waals surface area contributed by atoms with Crippen LogP contribution in [0.4, 0.5) is 0 Å². The molecule has 0 amide bonds. The topological polar surface area (TPSA) is 30.5 Å². The fourth-order valence-electron chi connectivity index (χ4n) is 2.69. The molecule has 0 aliphatic carbocycles. The Kier molecular flexibility index (Phi) is 8.10. The summed E-state index contributed by atoms with van der Waals surface area (Å²) in [6.45, 7) is 5.66. The highest BCUT2D eigenvalue weighted by molar-refractivity contribution is 6.30. The van der Waals surface area contributed by atoms with Crippen molar-refractivity contribution >= 4 is 11.6 Å². The van der Waals surface area contributed by atoms with Crippen molar-refractivity contribution in [3.05, 3.63) is 58.6 Å². The predicted octanol–water partition coefficient (Wildman–Crippen LogP) is 5.25. The van der Waals surface area contributed by atoms with Crippen molar-refractivity contribution in [2.45, 2.75) is 45.7 Å². The molecule has 1 atom stereocenters. The smallest absolute Gasteiger partial charge is 0.165 e. The van der Waals surface area contributed by atoms with E-state index >= 15 is 0 Å². The number of hydrogen-bond acceptors (Lipinski definition) is 3. The van der Waals surface area contributed by atoms with Crippen LogP contribution in [0.1, 0.15) is 37.8 Å². The Labute approximate surface area is 156 Å². The summed E-state index contributed by atoms with van der Waals surface area (Å²) in [6, 6.07) is 14.7. The Bertz CT molecular complexity index is 646. The fourth-order valence-corrected chi connectivity index (χ4v) is 2.92. The van der Waals surface area contributed by atoms with Gasteiger partial charge < -0.3 is 14.8 Å². The largest absolute Gasteiger partial charge is 0.493 e. The van der Waals surface area contributed by atoms with Gasteiger partial charge in [0.25, 0.3) is 0 Å². The molecular formula is C21H28ClNO2. The van der Waals surface area contributed by atoms with Gasteiger partial charge in [0.2, 0.25) is 0 Å². The predicted molar refractivity (Wildman–Crippen MR) is 105 cm³/mol. The minimum atomic E-state index is 0.393. The number of methoxy groups -OCH3 is 1. The van der Waals surface area contributed by atoms with E-state index in [2.05, 4.69) is 49.5 Å². The van der Waals surface area contributed by atoms with E-state index in [1.165, 1.54) is 5.56 Å². The summed E-state index contributed by atoms with van der Waals surface area (Å²) in [5.74, 6) is 1.48. The zero-order valence-corrected chi connectivity index (χ0v) is 16.1. The summed E-state index contributed by atoms with van der Waals surface area (Å²) in [5, 5.41) is 4.23. The van der Waals surface area contributed by atoms with Crippen molar-refractivity contribution in [1.29, 1.82) is 0 Å². The number of aryl methyl sites for hydroxylation is 1. The average Bonchev–Trinajstić information content (AvgIpc) is 2.64. The van der Waals surface area contributed by atoms with Crippen LogP contribution >= 0.6 is 11.6 Å². The maximum absolute atomic E-state index is 6.23. The van der Waals surface area contributed by atoms with Gasteiger partial charge in [0.05, 0.1) is 13.7 Å². The molecule has 0 saturated heterocycles. The van der Waals surface area contributed by atoms with Gasteiger partial charge in [0, 0.05) is 29.2 Å². The molecule has 0 aliphatic heterocycles. The fraction of sp³-hybridized carbons (Fsp3) is 0.429. The molecule has 4 heteroatoms. The first kappa shape index (κ1) is 19.6. The van der Waals surface area contributed by atoms with Crippen LogP contribution in [0.3, 0.4) is 0 Å². The summed E-state index contributed by atoms with van der Waals surface area (Å²) in [7, 11) is 1.64. The second-order valence-corrected chi connectivity index (χ2v) is 6.69. The summed E-state index contributed by atoms with van der Waals surface area (Å²) in [6.07, 6.45) is 3.09. The van der Waals surface area contributed by atoms with Gasteiger partial charge in [0.15, 0.2) is 11.5 Å². The molecule has 0 unspecified atom stereocenters. The lowest BCUT2D eigenvalue weighted by molar-refractivity contribution is 0.290. The molecule has 136 valence electrons. The highest BCUT2D eigenvalue weighted by Crippen LogP contribution is 2.35. The minimum Gasteiger partial charge on any atom is -0.493 e. The van der Waals surface area contributed by atoms with E-state index in [9.17, 15) is 0 Å². The Hall–Kier alpha value is -1.71. The molecule has 3 nitrogen and oxygen atoms in total. The zero-order chi connectivity index (χ0) is 18.1. The quantitative estimate of drug-likeness (QED) is 0.627. The van der Waals surface area contributed by atoms with Crippen LogP contribution in [0, 0.1) is 0 Å². The van der Waals surface area contributed by atoms with Crippen LogP contribution in [0.25, 0.3) is 0 Å². The monoisotopic (exact) mass is 361 g/mol. The van der Waals surface area contributed by atoms with E-state index < -0.39 is 0 Å². The maximum Gasteiger partial charge on any atom is 0.165 e. The standard InChI is InChI=1S/C21H28ClNO2/c1-4-12-25-21-18(13-19(22)14-20(21)24-3)15-23-16(2)10-11-17-8-6-5-7-9-17/h5-9,13-14,16,23H,4,10-12,15H2,1-3H3/t16-/m1/s1. The number of rotatable bonds is 10. The van der Waals surface area contributed by atoms with Crippen molar-refractivity contribution in [3.63, 3.8) is 0 Å². The first-order valence-corrected chi connectivity index (χ1v) is 9.28. The van der Waals surface area contributed by atoms with Crippen molar-refractivity contribution in [2.24, 2.45) is 0 Å². The van der Waals surface area contributed by atoms with Crippen molar-refractivity contribution in [3.8, 4) is 11.5 Å². The van der Waals surface area contributed by atoms with Crippen LogP contribution in [0.2, 0.25) is 5.02 Å². The van der Waals surface area contributed by atoms with Gasteiger partial charge in [-0.3, -0.25) is 0 Å². The first-order valence-electron chi connectivity index (χ1n) is 8.90. The SMILES string of the molecule is CCCOc1c(CN[C@H](C)CCc2ccccc2)cc(Cl)cc1OC. The molecule has 0 aliphatic rings. The Morgan fingerprint density at radius 1 is 1.16 bits per heavy atom. The zero-order valence-electron chi connectivity index (χ0n) is 15.3. The summed E-state index contributed by atoms with van der Waals surface area (Å²) >= 11 is 6.23. The number of ether oxygens (including phenoxy) is 2. The third-order valence-electron chi connectivity index (χ3n) is 4.12. The molecule has 0 bridgehead atoms. The van der Waals surface area contributed by atoms with E-state index in [1.54, 1.807) is 13.2 Å². The number of halogens is 1. The summed E-state index contributed by atoms with van der Waals surface area (Å²) in [4.78, 5) is 0. The van der Waals surface area contributed by atoms with Crippen LogP contribution < -0.4 is 14.8 Å². The lowest BCUT2D eigenvalue weighted by Gasteiger charge is -2.18. The average molecular weight is 362 g/mol. The number of hydrogen-bond donors (Lipinski definition) is 1. The Morgan fingerprint density at radius 3 is 2.60 bits per heavy atom. The maximum atomic E-state index is 6.23. The van der Waals surface area contributed by atoms with Gasteiger partial charge in [-0.05, 0) is 37.8 Å².